The van der Waals surface area contributed by atoms with Gasteiger partial charge in [-0.3, -0.25) is 4.68 Å². The van der Waals surface area contributed by atoms with Crippen LogP contribution >= 0.6 is 0 Å². The standard InChI is InChI=1S/C15H21N3/c1-14(13-18-11-6-10-16-18)9-12-17(2)15-7-4-3-5-8-15/h3-8,10-11,14H,9,12-13H2,1-2H3. The van der Waals surface area contributed by atoms with Gasteiger partial charge in [0.1, 0.15) is 0 Å². The first-order valence-corrected chi connectivity index (χ1v) is 6.49. The van der Waals surface area contributed by atoms with E-state index in [2.05, 4.69) is 54.3 Å². The molecule has 1 aromatic carbocycles. The molecule has 0 spiro atoms. The van der Waals surface area contributed by atoms with E-state index in [9.17, 15) is 0 Å². The van der Waals surface area contributed by atoms with Crippen LogP contribution in [-0.4, -0.2) is 23.4 Å². The quantitative estimate of drug-likeness (QED) is 0.777. The van der Waals surface area contributed by atoms with Crippen molar-refractivity contribution in [3.8, 4) is 0 Å². The fourth-order valence-corrected chi connectivity index (χ4v) is 2.04. The van der Waals surface area contributed by atoms with Gasteiger partial charge >= 0.3 is 0 Å². The first-order valence-electron chi connectivity index (χ1n) is 6.49. The molecule has 0 aliphatic rings. The average molecular weight is 243 g/mol. The number of anilines is 1. The molecule has 0 N–H and O–H groups in total. The van der Waals surface area contributed by atoms with Crippen molar-refractivity contribution in [2.45, 2.75) is 19.9 Å². The molecule has 0 saturated carbocycles. The number of aromatic nitrogens is 2. The predicted molar refractivity (Wildman–Crippen MR) is 75.7 cm³/mol. The van der Waals surface area contributed by atoms with E-state index in [0.717, 1.165) is 13.1 Å². The second-order valence-corrected chi connectivity index (χ2v) is 4.88. The highest BCUT2D eigenvalue weighted by molar-refractivity contribution is 5.44. The number of rotatable bonds is 6. The summed E-state index contributed by atoms with van der Waals surface area (Å²) in [6.07, 6.45) is 5.03. The zero-order valence-corrected chi connectivity index (χ0v) is 11.2. The van der Waals surface area contributed by atoms with Crippen LogP contribution in [0.15, 0.2) is 48.8 Å². The third-order valence-corrected chi connectivity index (χ3v) is 3.21. The van der Waals surface area contributed by atoms with Crippen LogP contribution in [-0.2, 0) is 6.54 Å². The molecule has 0 bridgehead atoms. The Bertz CT molecular complexity index is 436. The van der Waals surface area contributed by atoms with E-state index < -0.39 is 0 Å². The molecular weight excluding hydrogens is 222 g/mol. The maximum atomic E-state index is 4.24. The molecule has 18 heavy (non-hydrogen) atoms. The van der Waals surface area contributed by atoms with Gasteiger partial charge in [0.05, 0.1) is 0 Å². The van der Waals surface area contributed by atoms with E-state index >= 15 is 0 Å². The van der Waals surface area contributed by atoms with E-state index in [1.165, 1.54) is 12.1 Å². The Morgan fingerprint density at radius 2 is 2.00 bits per heavy atom. The third kappa shape index (κ3) is 3.62. The molecule has 0 aliphatic heterocycles. The largest absolute Gasteiger partial charge is 0.375 e. The van der Waals surface area contributed by atoms with Gasteiger partial charge in [-0.2, -0.15) is 5.10 Å². The minimum absolute atomic E-state index is 0.635. The molecule has 0 fully saturated rings. The smallest absolute Gasteiger partial charge is 0.0489 e. The molecule has 2 aromatic rings. The number of benzene rings is 1. The third-order valence-electron chi connectivity index (χ3n) is 3.21. The molecule has 1 aromatic heterocycles. The van der Waals surface area contributed by atoms with Crippen molar-refractivity contribution in [3.05, 3.63) is 48.8 Å². The first kappa shape index (κ1) is 12.7. The molecule has 0 saturated heterocycles. The van der Waals surface area contributed by atoms with Crippen LogP contribution in [0.25, 0.3) is 0 Å². The Kier molecular flexibility index (Phi) is 4.40. The predicted octanol–water partition coefficient (Wildman–Crippen LogP) is 3.05. The SMILES string of the molecule is CC(CCN(C)c1ccccc1)Cn1cccn1. The van der Waals surface area contributed by atoms with Crippen LogP contribution < -0.4 is 4.90 Å². The van der Waals surface area contributed by atoms with Gasteiger partial charge in [-0.25, -0.2) is 0 Å². The minimum atomic E-state index is 0.635. The summed E-state index contributed by atoms with van der Waals surface area (Å²) in [6, 6.07) is 12.5. The maximum Gasteiger partial charge on any atom is 0.0489 e. The lowest BCUT2D eigenvalue weighted by molar-refractivity contribution is 0.426. The van der Waals surface area contributed by atoms with Crippen molar-refractivity contribution in [1.29, 1.82) is 0 Å². The highest BCUT2D eigenvalue weighted by Gasteiger charge is 2.06. The molecule has 0 amide bonds. The van der Waals surface area contributed by atoms with Crippen LogP contribution in [0.2, 0.25) is 0 Å². The molecule has 0 aliphatic carbocycles. The Morgan fingerprint density at radius 3 is 2.67 bits per heavy atom. The minimum Gasteiger partial charge on any atom is -0.375 e. The van der Waals surface area contributed by atoms with Crippen LogP contribution in [0.5, 0.6) is 0 Å². The fraction of sp³-hybridized carbons (Fsp3) is 0.400. The summed E-state index contributed by atoms with van der Waals surface area (Å²) in [4.78, 5) is 2.31. The van der Waals surface area contributed by atoms with E-state index in [1.807, 2.05) is 23.1 Å². The van der Waals surface area contributed by atoms with Gasteiger partial charge in [0.25, 0.3) is 0 Å². The van der Waals surface area contributed by atoms with Gasteiger partial charge in [-0.05, 0) is 30.5 Å². The zero-order valence-electron chi connectivity index (χ0n) is 11.2. The van der Waals surface area contributed by atoms with Gasteiger partial charge < -0.3 is 4.90 Å². The van der Waals surface area contributed by atoms with Crippen LogP contribution in [0, 0.1) is 5.92 Å². The maximum absolute atomic E-state index is 4.24. The Labute approximate surface area is 109 Å². The highest BCUT2D eigenvalue weighted by Crippen LogP contribution is 2.13. The molecule has 0 radical (unpaired) electrons. The van der Waals surface area contributed by atoms with Gasteiger partial charge in [-0.1, -0.05) is 25.1 Å². The summed E-state index contributed by atoms with van der Waals surface area (Å²) in [5.41, 5.74) is 1.28. The number of nitrogens with zero attached hydrogens (tertiary/aromatic N) is 3. The lowest BCUT2D eigenvalue weighted by Crippen LogP contribution is -2.21. The number of hydrogen-bond donors (Lipinski definition) is 0. The first-order chi connectivity index (χ1) is 8.75. The summed E-state index contributed by atoms with van der Waals surface area (Å²) in [7, 11) is 2.15. The lowest BCUT2D eigenvalue weighted by Gasteiger charge is -2.21. The lowest BCUT2D eigenvalue weighted by atomic mass is 10.1. The molecule has 3 nitrogen and oxygen atoms in total. The van der Waals surface area contributed by atoms with Crippen LogP contribution in [0.1, 0.15) is 13.3 Å². The van der Waals surface area contributed by atoms with Crippen molar-refractivity contribution in [1.82, 2.24) is 9.78 Å². The van der Waals surface area contributed by atoms with Crippen molar-refractivity contribution in [3.63, 3.8) is 0 Å². The monoisotopic (exact) mass is 243 g/mol. The molecule has 3 heteroatoms. The normalized spacial score (nSPS) is 12.3. The summed E-state index contributed by atoms with van der Waals surface area (Å²) in [5, 5.41) is 4.24. The Morgan fingerprint density at radius 1 is 1.22 bits per heavy atom. The van der Waals surface area contributed by atoms with E-state index in [-0.39, 0.29) is 0 Å². The second kappa shape index (κ2) is 6.24. The second-order valence-electron chi connectivity index (χ2n) is 4.88. The average Bonchev–Trinajstić information content (AvgIpc) is 2.90. The summed E-state index contributed by atoms with van der Waals surface area (Å²) >= 11 is 0. The molecule has 1 atom stereocenters. The van der Waals surface area contributed by atoms with E-state index in [0.29, 0.717) is 5.92 Å². The van der Waals surface area contributed by atoms with E-state index in [1.54, 1.807) is 0 Å². The summed E-state index contributed by atoms with van der Waals surface area (Å²) in [5.74, 6) is 0.635. The topological polar surface area (TPSA) is 21.1 Å². The molecule has 1 heterocycles. The summed E-state index contributed by atoms with van der Waals surface area (Å²) in [6.45, 7) is 4.35. The molecule has 1 unspecified atom stereocenters. The van der Waals surface area contributed by atoms with Gasteiger partial charge in [-0.15, -0.1) is 0 Å². The molecular formula is C15H21N3. The van der Waals surface area contributed by atoms with Gasteiger partial charge in [0.2, 0.25) is 0 Å². The van der Waals surface area contributed by atoms with E-state index in [4.69, 9.17) is 0 Å². The Hall–Kier alpha value is -1.77. The zero-order chi connectivity index (χ0) is 12.8. The van der Waals surface area contributed by atoms with Gasteiger partial charge in [0.15, 0.2) is 0 Å². The van der Waals surface area contributed by atoms with Crippen LogP contribution in [0.4, 0.5) is 5.69 Å². The van der Waals surface area contributed by atoms with Crippen molar-refractivity contribution in [2.24, 2.45) is 5.92 Å². The highest BCUT2D eigenvalue weighted by atomic mass is 15.3. The fourth-order valence-electron chi connectivity index (χ4n) is 2.04. The molecule has 96 valence electrons. The number of para-hydroxylation sites is 1. The van der Waals surface area contributed by atoms with Crippen molar-refractivity contribution in [2.75, 3.05) is 18.5 Å². The van der Waals surface area contributed by atoms with Crippen molar-refractivity contribution < 1.29 is 0 Å². The van der Waals surface area contributed by atoms with Crippen molar-refractivity contribution >= 4 is 5.69 Å². The number of hydrogen-bond acceptors (Lipinski definition) is 2. The van der Waals surface area contributed by atoms with Gasteiger partial charge in [0, 0.05) is 38.2 Å². The Balaban J connectivity index is 1.77. The van der Waals surface area contributed by atoms with Crippen LogP contribution in [0.3, 0.4) is 0 Å². The molecule has 2 rings (SSSR count). The summed E-state index contributed by atoms with van der Waals surface area (Å²) < 4.78 is 2.01.